The van der Waals surface area contributed by atoms with E-state index in [-0.39, 0.29) is 12.2 Å². The van der Waals surface area contributed by atoms with Crippen molar-refractivity contribution < 1.29 is 18.7 Å². The second kappa shape index (κ2) is 5.34. The van der Waals surface area contributed by atoms with Gasteiger partial charge < -0.3 is 9.47 Å². The maximum absolute atomic E-state index is 13.0. The first-order valence-corrected chi connectivity index (χ1v) is 4.16. The van der Waals surface area contributed by atoms with E-state index in [1.54, 1.807) is 6.07 Å². The van der Waals surface area contributed by atoms with Gasteiger partial charge in [0, 0.05) is 7.11 Å². The van der Waals surface area contributed by atoms with Crippen LogP contribution in [-0.2, 0) is 9.47 Å². The average Bonchev–Trinajstić information content (AvgIpc) is 2.18. The summed E-state index contributed by atoms with van der Waals surface area (Å²) >= 11 is 0. The van der Waals surface area contributed by atoms with Gasteiger partial charge in [0.2, 0.25) is 0 Å². The zero-order valence-corrected chi connectivity index (χ0v) is 7.83. The molecule has 0 amide bonds. The van der Waals surface area contributed by atoms with E-state index in [0.29, 0.717) is 6.61 Å². The summed E-state index contributed by atoms with van der Waals surface area (Å²) in [6.45, 7) is 0.434. The molecule has 14 heavy (non-hydrogen) atoms. The second-order valence-electron chi connectivity index (χ2n) is 2.61. The summed E-state index contributed by atoms with van der Waals surface area (Å²) in [6, 6.07) is 5.69. The number of benzene rings is 1. The predicted octanol–water partition coefficient (Wildman–Crippen LogP) is 1.63. The molecule has 0 atom stereocenters. The van der Waals surface area contributed by atoms with Crippen LogP contribution in [0.2, 0.25) is 0 Å². The Labute approximate surface area is 81.4 Å². The molecular formula is C10H11FO3. The lowest BCUT2D eigenvalue weighted by molar-refractivity contribution is 0.0383. The van der Waals surface area contributed by atoms with Crippen LogP contribution in [0.15, 0.2) is 24.3 Å². The van der Waals surface area contributed by atoms with Gasteiger partial charge in [0.05, 0.1) is 12.2 Å². The van der Waals surface area contributed by atoms with Gasteiger partial charge in [-0.15, -0.1) is 0 Å². The number of esters is 1. The fourth-order valence-electron chi connectivity index (χ4n) is 0.922. The molecule has 0 fully saturated rings. The van der Waals surface area contributed by atoms with Gasteiger partial charge in [-0.05, 0) is 12.1 Å². The van der Waals surface area contributed by atoms with E-state index in [0.717, 1.165) is 0 Å². The predicted molar refractivity (Wildman–Crippen MR) is 48.6 cm³/mol. The summed E-state index contributed by atoms with van der Waals surface area (Å²) < 4.78 is 22.4. The minimum absolute atomic E-state index is 0.0522. The van der Waals surface area contributed by atoms with Gasteiger partial charge in [0.1, 0.15) is 12.4 Å². The van der Waals surface area contributed by atoms with Crippen LogP contribution in [0.3, 0.4) is 0 Å². The molecule has 0 N–H and O–H groups in total. The van der Waals surface area contributed by atoms with Crippen molar-refractivity contribution in [3.63, 3.8) is 0 Å². The lowest BCUT2D eigenvalue weighted by atomic mass is 10.2. The van der Waals surface area contributed by atoms with Crippen LogP contribution in [0.1, 0.15) is 10.4 Å². The molecule has 0 aliphatic rings. The summed E-state index contributed by atoms with van der Waals surface area (Å²) in [5.41, 5.74) is -0.0522. The van der Waals surface area contributed by atoms with Gasteiger partial charge in [-0.1, -0.05) is 12.1 Å². The Balaban J connectivity index is 2.56. The van der Waals surface area contributed by atoms with Crippen molar-refractivity contribution in [3.8, 4) is 0 Å². The minimum atomic E-state index is -0.667. The minimum Gasteiger partial charge on any atom is -0.460 e. The number of ether oxygens (including phenoxy) is 2. The molecule has 1 aromatic rings. The molecule has 0 aromatic heterocycles. The Kier molecular flexibility index (Phi) is 4.07. The van der Waals surface area contributed by atoms with E-state index >= 15 is 0 Å². The number of hydrogen-bond acceptors (Lipinski definition) is 3. The Bertz CT molecular complexity index is 312. The molecule has 0 unspecified atom stereocenters. The highest BCUT2D eigenvalue weighted by Crippen LogP contribution is 2.07. The van der Waals surface area contributed by atoms with Crippen molar-refractivity contribution in [1.29, 1.82) is 0 Å². The molecule has 0 aliphatic carbocycles. The Morgan fingerprint density at radius 2 is 2.07 bits per heavy atom. The number of hydrogen-bond donors (Lipinski definition) is 0. The number of methoxy groups -OCH3 is 1. The van der Waals surface area contributed by atoms with Crippen LogP contribution in [0.25, 0.3) is 0 Å². The van der Waals surface area contributed by atoms with E-state index in [1.165, 1.54) is 25.3 Å². The molecule has 76 valence electrons. The van der Waals surface area contributed by atoms with Crippen molar-refractivity contribution in [3.05, 3.63) is 35.6 Å². The molecule has 4 heteroatoms. The summed E-state index contributed by atoms with van der Waals surface area (Å²) in [5, 5.41) is 0. The van der Waals surface area contributed by atoms with Crippen molar-refractivity contribution in [1.82, 2.24) is 0 Å². The van der Waals surface area contributed by atoms with E-state index in [2.05, 4.69) is 4.74 Å². The number of carbonyl (C=O) groups is 1. The molecule has 0 radical (unpaired) electrons. The van der Waals surface area contributed by atoms with E-state index in [9.17, 15) is 9.18 Å². The zero-order valence-electron chi connectivity index (χ0n) is 7.83. The fourth-order valence-corrected chi connectivity index (χ4v) is 0.922. The summed E-state index contributed by atoms with van der Waals surface area (Å²) in [7, 11) is 1.50. The monoisotopic (exact) mass is 198 g/mol. The SMILES string of the molecule is COCCOC(=O)c1ccccc1F. The molecule has 0 saturated carbocycles. The molecule has 1 aromatic carbocycles. The lowest BCUT2D eigenvalue weighted by Gasteiger charge is -2.04. The summed E-state index contributed by atoms with van der Waals surface area (Å²) in [4.78, 5) is 11.2. The Morgan fingerprint density at radius 1 is 1.36 bits per heavy atom. The van der Waals surface area contributed by atoms with E-state index in [4.69, 9.17) is 4.74 Å². The molecule has 0 aliphatic heterocycles. The van der Waals surface area contributed by atoms with Crippen LogP contribution in [-0.4, -0.2) is 26.3 Å². The smallest absolute Gasteiger partial charge is 0.341 e. The highest BCUT2D eigenvalue weighted by Gasteiger charge is 2.11. The van der Waals surface area contributed by atoms with Gasteiger partial charge in [0.15, 0.2) is 0 Å². The van der Waals surface area contributed by atoms with Gasteiger partial charge in [-0.25, -0.2) is 9.18 Å². The maximum Gasteiger partial charge on any atom is 0.341 e. The normalized spacial score (nSPS) is 9.86. The largest absolute Gasteiger partial charge is 0.460 e. The third kappa shape index (κ3) is 2.81. The van der Waals surface area contributed by atoms with Crippen LogP contribution in [0.5, 0.6) is 0 Å². The molecule has 0 heterocycles. The molecule has 0 saturated heterocycles. The molecule has 3 nitrogen and oxygen atoms in total. The number of rotatable bonds is 4. The van der Waals surface area contributed by atoms with Crippen LogP contribution < -0.4 is 0 Å². The maximum atomic E-state index is 13.0. The number of halogens is 1. The van der Waals surface area contributed by atoms with Crippen molar-refractivity contribution in [2.45, 2.75) is 0 Å². The third-order valence-corrected chi connectivity index (χ3v) is 1.61. The Hall–Kier alpha value is -1.42. The fraction of sp³-hybridized carbons (Fsp3) is 0.300. The summed E-state index contributed by atoms with van der Waals surface area (Å²) in [6.07, 6.45) is 0. The summed E-state index contributed by atoms with van der Waals surface area (Å²) in [5.74, 6) is -1.24. The first-order valence-electron chi connectivity index (χ1n) is 4.16. The van der Waals surface area contributed by atoms with Gasteiger partial charge in [-0.2, -0.15) is 0 Å². The van der Waals surface area contributed by atoms with Crippen molar-refractivity contribution in [2.24, 2.45) is 0 Å². The van der Waals surface area contributed by atoms with E-state index in [1.807, 2.05) is 0 Å². The molecule has 1 rings (SSSR count). The second-order valence-corrected chi connectivity index (χ2v) is 2.61. The first kappa shape index (κ1) is 10.7. The average molecular weight is 198 g/mol. The third-order valence-electron chi connectivity index (χ3n) is 1.61. The standard InChI is InChI=1S/C10H11FO3/c1-13-6-7-14-10(12)8-4-2-3-5-9(8)11/h2-5H,6-7H2,1H3. The quantitative estimate of drug-likeness (QED) is 0.545. The van der Waals surface area contributed by atoms with Crippen molar-refractivity contribution in [2.75, 3.05) is 20.3 Å². The molecule has 0 bridgehead atoms. The highest BCUT2D eigenvalue weighted by molar-refractivity contribution is 5.89. The van der Waals surface area contributed by atoms with Gasteiger partial charge in [-0.3, -0.25) is 0 Å². The van der Waals surface area contributed by atoms with Gasteiger partial charge >= 0.3 is 5.97 Å². The topological polar surface area (TPSA) is 35.5 Å². The lowest BCUT2D eigenvalue weighted by Crippen LogP contribution is -2.11. The first-order chi connectivity index (χ1) is 6.75. The van der Waals surface area contributed by atoms with Crippen molar-refractivity contribution >= 4 is 5.97 Å². The molecule has 0 spiro atoms. The Morgan fingerprint density at radius 3 is 2.71 bits per heavy atom. The van der Waals surface area contributed by atoms with Crippen LogP contribution >= 0.6 is 0 Å². The van der Waals surface area contributed by atoms with E-state index < -0.39 is 11.8 Å². The van der Waals surface area contributed by atoms with Crippen LogP contribution in [0.4, 0.5) is 4.39 Å². The van der Waals surface area contributed by atoms with Gasteiger partial charge in [0.25, 0.3) is 0 Å². The number of carbonyl (C=O) groups excluding carboxylic acids is 1. The van der Waals surface area contributed by atoms with Crippen LogP contribution in [0, 0.1) is 5.82 Å². The molecular weight excluding hydrogens is 187 g/mol. The highest BCUT2D eigenvalue weighted by atomic mass is 19.1. The zero-order chi connectivity index (χ0) is 10.4.